The molecule has 3 aliphatic rings. The Morgan fingerprint density at radius 2 is 1.67 bits per heavy atom. The van der Waals surface area contributed by atoms with Crippen LogP contribution in [0.4, 0.5) is 5.69 Å². The fourth-order valence-electron chi connectivity index (χ4n) is 4.54. The van der Waals surface area contributed by atoms with Gasteiger partial charge in [0.2, 0.25) is 0 Å². The molecule has 0 radical (unpaired) electrons. The number of hydrogen-bond acceptors (Lipinski definition) is 4. The third kappa shape index (κ3) is 3.54. The number of rotatable bonds is 3. The van der Waals surface area contributed by atoms with Crippen molar-refractivity contribution < 1.29 is 9.47 Å². The van der Waals surface area contributed by atoms with Gasteiger partial charge in [0.25, 0.3) is 0 Å². The van der Waals surface area contributed by atoms with Gasteiger partial charge in [-0.3, -0.25) is 4.90 Å². The summed E-state index contributed by atoms with van der Waals surface area (Å²) in [5, 5.41) is 0. The monoisotopic (exact) mass is 362 g/mol. The normalized spacial score (nSPS) is 19.8. The first-order chi connectivity index (χ1) is 13.3. The van der Waals surface area contributed by atoms with Crippen LogP contribution < -0.4 is 14.4 Å². The van der Waals surface area contributed by atoms with E-state index in [2.05, 4.69) is 46.2 Å². The summed E-state index contributed by atoms with van der Waals surface area (Å²) in [4.78, 5) is 5.09. The Labute approximate surface area is 161 Å². The molecule has 4 heteroatoms. The Bertz CT molecular complexity index is 815. The Kier molecular flexibility index (Phi) is 4.50. The van der Waals surface area contributed by atoms with Crippen molar-refractivity contribution in [2.45, 2.75) is 12.8 Å². The lowest BCUT2D eigenvalue weighted by Gasteiger charge is -2.37. The van der Waals surface area contributed by atoms with Crippen molar-refractivity contribution in [2.75, 3.05) is 44.2 Å². The number of anilines is 1. The van der Waals surface area contributed by atoms with Crippen LogP contribution in [0.25, 0.3) is 0 Å². The second kappa shape index (κ2) is 7.28. The van der Waals surface area contributed by atoms with Gasteiger partial charge in [0.15, 0.2) is 11.5 Å². The highest BCUT2D eigenvalue weighted by Gasteiger charge is 2.25. The maximum atomic E-state index is 5.68. The van der Waals surface area contributed by atoms with Gasteiger partial charge < -0.3 is 14.4 Å². The van der Waals surface area contributed by atoms with Gasteiger partial charge in [0.1, 0.15) is 6.61 Å². The Balaban J connectivity index is 1.18. The van der Waals surface area contributed by atoms with Gasteiger partial charge in [0.05, 0.1) is 6.26 Å². The number of piperazine rings is 1. The van der Waals surface area contributed by atoms with E-state index in [1.807, 2.05) is 12.1 Å². The van der Waals surface area contributed by atoms with E-state index in [4.69, 9.17) is 9.47 Å². The van der Waals surface area contributed by atoms with Gasteiger partial charge in [-0.05, 0) is 48.1 Å². The average Bonchev–Trinajstić information content (AvgIpc) is 2.96. The number of nitrogens with zero attached hydrogens (tertiary/aromatic N) is 2. The molecular formula is C23H26N2O2. The Morgan fingerprint density at radius 1 is 0.889 bits per heavy atom. The van der Waals surface area contributed by atoms with Crippen LogP contribution in [0.3, 0.4) is 0 Å². The van der Waals surface area contributed by atoms with E-state index in [0.29, 0.717) is 6.61 Å². The predicted octanol–water partition coefficient (Wildman–Crippen LogP) is 3.51. The summed E-state index contributed by atoms with van der Waals surface area (Å²) in [6.45, 7) is 6.16. The zero-order valence-corrected chi connectivity index (χ0v) is 15.6. The van der Waals surface area contributed by atoms with Crippen molar-refractivity contribution in [3.8, 4) is 11.5 Å². The zero-order chi connectivity index (χ0) is 18.1. The van der Waals surface area contributed by atoms with Gasteiger partial charge in [-0.25, -0.2) is 0 Å². The molecule has 2 aromatic carbocycles. The second-order valence-corrected chi connectivity index (χ2v) is 7.76. The van der Waals surface area contributed by atoms with E-state index in [9.17, 15) is 0 Å². The molecule has 0 saturated carbocycles. The summed E-state index contributed by atoms with van der Waals surface area (Å²) in [6.07, 6.45) is 6.09. The van der Waals surface area contributed by atoms with E-state index in [0.717, 1.165) is 43.6 Å². The minimum Gasteiger partial charge on any atom is -0.485 e. The van der Waals surface area contributed by atoms with E-state index in [1.54, 1.807) is 17.4 Å². The van der Waals surface area contributed by atoms with Crippen molar-refractivity contribution in [3.63, 3.8) is 0 Å². The van der Waals surface area contributed by atoms with Crippen LogP contribution >= 0.6 is 0 Å². The number of benzene rings is 2. The zero-order valence-electron chi connectivity index (χ0n) is 15.6. The summed E-state index contributed by atoms with van der Waals surface area (Å²) in [6, 6.07) is 15.2. The first kappa shape index (κ1) is 16.7. The van der Waals surface area contributed by atoms with Crippen molar-refractivity contribution in [3.05, 3.63) is 65.9 Å². The lowest BCUT2D eigenvalue weighted by atomic mass is 10.1. The van der Waals surface area contributed by atoms with Crippen LogP contribution in [0.5, 0.6) is 11.5 Å². The fourth-order valence-corrected chi connectivity index (χ4v) is 4.54. The van der Waals surface area contributed by atoms with Crippen molar-refractivity contribution >= 4 is 5.69 Å². The highest BCUT2D eigenvalue weighted by Crippen LogP contribution is 2.34. The molecule has 2 aromatic rings. The highest BCUT2D eigenvalue weighted by molar-refractivity contribution is 5.57. The molecule has 0 N–H and O–H groups in total. The molecule has 0 atom stereocenters. The lowest BCUT2D eigenvalue weighted by molar-refractivity contribution is 0.221. The molecule has 0 bridgehead atoms. The quantitative estimate of drug-likeness (QED) is 0.834. The maximum Gasteiger partial charge on any atom is 0.170 e. The molecule has 4 nitrogen and oxygen atoms in total. The fraction of sp³-hybridized carbons (Fsp3) is 0.391. The van der Waals surface area contributed by atoms with Crippen molar-refractivity contribution in [1.82, 2.24) is 4.90 Å². The molecule has 0 spiro atoms. The molecule has 2 heterocycles. The molecular weight excluding hydrogens is 336 g/mol. The molecule has 1 aliphatic carbocycles. The largest absolute Gasteiger partial charge is 0.485 e. The molecule has 0 unspecified atom stereocenters. The van der Waals surface area contributed by atoms with Gasteiger partial charge in [-0.2, -0.15) is 0 Å². The summed E-state index contributed by atoms with van der Waals surface area (Å²) in [5.41, 5.74) is 4.34. The van der Waals surface area contributed by atoms with Gasteiger partial charge in [-0.1, -0.05) is 24.3 Å². The van der Waals surface area contributed by atoms with E-state index in [-0.39, 0.29) is 0 Å². The summed E-state index contributed by atoms with van der Waals surface area (Å²) in [5.74, 6) is 2.41. The van der Waals surface area contributed by atoms with Gasteiger partial charge in [0, 0.05) is 44.5 Å². The van der Waals surface area contributed by atoms with Crippen molar-refractivity contribution in [2.24, 2.45) is 5.92 Å². The van der Waals surface area contributed by atoms with Crippen LogP contribution in [0.15, 0.2) is 54.8 Å². The van der Waals surface area contributed by atoms with Crippen LogP contribution in [-0.4, -0.2) is 44.2 Å². The predicted molar refractivity (Wildman–Crippen MR) is 108 cm³/mol. The third-order valence-corrected chi connectivity index (χ3v) is 5.94. The summed E-state index contributed by atoms with van der Waals surface area (Å²) < 4.78 is 11.3. The Hall–Kier alpha value is -2.46. The molecule has 0 amide bonds. The minimum absolute atomic E-state index is 0.566. The number of fused-ring (bicyclic) bond motifs is 2. The first-order valence-electron chi connectivity index (χ1n) is 9.98. The van der Waals surface area contributed by atoms with Crippen LogP contribution in [0.2, 0.25) is 0 Å². The minimum atomic E-state index is 0.566. The van der Waals surface area contributed by atoms with E-state index in [1.165, 1.54) is 25.1 Å². The van der Waals surface area contributed by atoms with Gasteiger partial charge >= 0.3 is 0 Å². The topological polar surface area (TPSA) is 24.9 Å². The molecule has 5 rings (SSSR count). The lowest BCUT2D eigenvalue weighted by Crippen LogP contribution is -2.47. The molecule has 2 aliphatic heterocycles. The molecule has 27 heavy (non-hydrogen) atoms. The van der Waals surface area contributed by atoms with Crippen LogP contribution in [0.1, 0.15) is 11.1 Å². The Morgan fingerprint density at radius 3 is 2.44 bits per heavy atom. The van der Waals surface area contributed by atoms with Crippen molar-refractivity contribution in [1.29, 1.82) is 0 Å². The third-order valence-electron chi connectivity index (χ3n) is 5.94. The van der Waals surface area contributed by atoms with Crippen LogP contribution in [0, 0.1) is 5.92 Å². The second-order valence-electron chi connectivity index (χ2n) is 7.76. The molecule has 1 fully saturated rings. The number of hydrogen-bond donors (Lipinski definition) is 0. The first-order valence-corrected chi connectivity index (χ1v) is 9.98. The molecule has 140 valence electrons. The van der Waals surface area contributed by atoms with E-state index < -0.39 is 0 Å². The van der Waals surface area contributed by atoms with E-state index >= 15 is 0 Å². The van der Waals surface area contributed by atoms with Crippen LogP contribution in [-0.2, 0) is 12.8 Å². The maximum absolute atomic E-state index is 5.68. The molecule has 0 aromatic heterocycles. The standard InChI is InChI=1S/C23H26N2O2/c1-2-5-20-15-18(14-19(20)4-1)17-24-8-10-25(11-9-24)21-6-7-22-23(16-21)27-13-3-12-26-22/h1-7,13,16,18H,8-12,14-15,17H2. The number of ether oxygens (including phenoxy) is 2. The summed E-state index contributed by atoms with van der Waals surface area (Å²) >= 11 is 0. The SMILES string of the molecule is C1=COc2cc(N3CCN(CC4Cc5ccccc5C4)CC3)ccc2OC1. The highest BCUT2D eigenvalue weighted by atomic mass is 16.5. The average molecular weight is 362 g/mol. The molecule has 1 saturated heterocycles. The van der Waals surface area contributed by atoms with Gasteiger partial charge in [-0.15, -0.1) is 0 Å². The smallest absolute Gasteiger partial charge is 0.170 e. The summed E-state index contributed by atoms with van der Waals surface area (Å²) in [7, 11) is 0.